The molecule has 0 aliphatic heterocycles. The molecule has 1 heterocycles. The highest BCUT2D eigenvalue weighted by Crippen LogP contribution is 2.25. The molecule has 7 nitrogen and oxygen atoms in total. The molecule has 2 unspecified atom stereocenters. The van der Waals surface area contributed by atoms with Crippen LogP contribution in [0.3, 0.4) is 0 Å². The number of aromatic nitrogens is 3. The monoisotopic (exact) mass is 289 g/mol. The van der Waals surface area contributed by atoms with Gasteiger partial charge in [-0.1, -0.05) is 25.5 Å². The molecule has 2 rings (SSSR count). The fraction of sp³-hybridized carbons (Fsp3) is 0.429. The fourth-order valence-corrected chi connectivity index (χ4v) is 2.29. The molecule has 1 aromatic carbocycles. The van der Waals surface area contributed by atoms with E-state index in [1.165, 1.54) is 12.4 Å². The molecule has 1 aromatic heterocycles. The van der Waals surface area contributed by atoms with Gasteiger partial charge in [0.25, 0.3) is 5.69 Å². The van der Waals surface area contributed by atoms with Gasteiger partial charge in [0.15, 0.2) is 0 Å². The quantitative estimate of drug-likeness (QED) is 0.603. The molecule has 0 bridgehead atoms. The highest BCUT2D eigenvalue weighted by molar-refractivity contribution is 5.35. The third-order valence-corrected chi connectivity index (χ3v) is 3.36. The molecular weight excluding hydrogens is 270 g/mol. The van der Waals surface area contributed by atoms with Crippen molar-refractivity contribution in [2.75, 3.05) is 0 Å². The van der Waals surface area contributed by atoms with Crippen LogP contribution in [0.25, 0.3) is 0 Å². The van der Waals surface area contributed by atoms with E-state index in [1.807, 2.05) is 13.0 Å². The Kier molecular flexibility index (Phi) is 4.99. The lowest BCUT2D eigenvalue weighted by Gasteiger charge is -2.22. The lowest BCUT2D eigenvalue weighted by atomic mass is 10.0. The molecule has 2 aromatic rings. The first kappa shape index (κ1) is 15.1. The van der Waals surface area contributed by atoms with Crippen molar-refractivity contribution in [3.05, 3.63) is 52.1 Å². The van der Waals surface area contributed by atoms with Crippen LogP contribution in [-0.4, -0.2) is 20.1 Å². The number of benzene rings is 1. The van der Waals surface area contributed by atoms with Crippen LogP contribution >= 0.6 is 0 Å². The molecule has 7 heteroatoms. The standard InChI is InChI=1S/C14H19N5O2/c1-3-5-13(17-10(2)14-15-9-16-18-14)11-6-4-7-12(8-11)19(20)21/h4,6-10,13,17H,3,5H2,1-2H3,(H,15,16,18). The predicted molar refractivity (Wildman–Crippen MR) is 78.7 cm³/mol. The van der Waals surface area contributed by atoms with E-state index in [2.05, 4.69) is 27.4 Å². The minimum atomic E-state index is -0.369. The fourth-order valence-electron chi connectivity index (χ4n) is 2.29. The van der Waals surface area contributed by atoms with E-state index in [0.717, 1.165) is 24.2 Å². The van der Waals surface area contributed by atoms with Gasteiger partial charge in [-0.15, -0.1) is 0 Å². The number of aromatic amines is 1. The first-order chi connectivity index (χ1) is 10.1. The van der Waals surface area contributed by atoms with Crippen LogP contribution in [-0.2, 0) is 0 Å². The number of nitro groups is 1. The van der Waals surface area contributed by atoms with Crippen LogP contribution in [0, 0.1) is 10.1 Å². The summed E-state index contributed by atoms with van der Waals surface area (Å²) in [6.07, 6.45) is 3.33. The van der Waals surface area contributed by atoms with E-state index in [9.17, 15) is 10.1 Å². The van der Waals surface area contributed by atoms with Crippen LogP contribution < -0.4 is 5.32 Å². The normalized spacial score (nSPS) is 13.8. The van der Waals surface area contributed by atoms with Gasteiger partial charge in [-0.2, -0.15) is 5.10 Å². The largest absolute Gasteiger partial charge is 0.301 e. The summed E-state index contributed by atoms with van der Waals surface area (Å²) in [6.45, 7) is 4.08. The summed E-state index contributed by atoms with van der Waals surface area (Å²) in [5.41, 5.74) is 1.03. The maximum absolute atomic E-state index is 10.9. The first-order valence-electron chi connectivity index (χ1n) is 6.97. The minimum absolute atomic E-state index is 0.0108. The van der Waals surface area contributed by atoms with Crippen molar-refractivity contribution in [2.24, 2.45) is 0 Å². The summed E-state index contributed by atoms with van der Waals surface area (Å²) in [6, 6.07) is 6.79. The second-order valence-electron chi connectivity index (χ2n) is 4.95. The lowest BCUT2D eigenvalue weighted by molar-refractivity contribution is -0.384. The summed E-state index contributed by atoms with van der Waals surface area (Å²) in [4.78, 5) is 14.7. The third-order valence-electron chi connectivity index (χ3n) is 3.36. The Bertz CT molecular complexity index is 585. The average molecular weight is 289 g/mol. The highest BCUT2D eigenvalue weighted by Gasteiger charge is 2.18. The van der Waals surface area contributed by atoms with E-state index in [-0.39, 0.29) is 22.7 Å². The maximum Gasteiger partial charge on any atom is 0.269 e. The van der Waals surface area contributed by atoms with Crippen LogP contribution in [0.1, 0.15) is 50.2 Å². The van der Waals surface area contributed by atoms with Gasteiger partial charge in [0.1, 0.15) is 12.2 Å². The topological polar surface area (TPSA) is 96.7 Å². The van der Waals surface area contributed by atoms with Crippen molar-refractivity contribution in [1.29, 1.82) is 0 Å². The number of nitrogens with zero attached hydrogens (tertiary/aromatic N) is 3. The van der Waals surface area contributed by atoms with Crippen LogP contribution in [0.5, 0.6) is 0 Å². The van der Waals surface area contributed by atoms with E-state index in [1.54, 1.807) is 12.1 Å². The average Bonchev–Trinajstić information content (AvgIpc) is 3.01. The zero-order valence-corrected chi connectivity index (χ0v) is 12.1. The van der Waals surface area contributed by atoms with Crippen LogP contribution in [0.2, 0.25) is 0 Å². The number of nitro benzene ring substituents is 1. The number of nitrogens with one attached hydrogen (secondary N) is 2. The van der Waals surface area contributed by atoms with Gasteiger partial charge in [-0.3, -0.25) is 15.2 Å². The second kappa shape index (κ2) is 6.94. The molecule has 0 spiro atoms. The summed E-state index contributed by atoms with van der Waals surface area (Å²) in [5.74, 6) is 0.751. The molecule has 2 atom stereocenters. The summed E-state index contributed by atoms with van der Waals surface area (Å²) < 4.78 is 0. The van der Waals surface area contributed by atoms with E-state index in [0.29, 0.717) is 0 Å². The van der Waals surface area contributed by atoms with Gasteiger partial charge in [0.05, 0.1) is 11.0 Å². The van der Waals surface area contributed by atoms with Gasteiger partial charge in [0, 0.05) is 18.2 Å². The SMILES string of the molecule is CCCC(NC(C)c1ncn[nH]1)c1cccc([N+](=O)[O-])c1. The number of H-pyrrole nitrogens is 1. The third kappa shape index (κ3) is 3.85. The Morgan fingerprint density at radius 2 is 2.29 bits per heavy atom. The molecule has 112 valence electrons. The van der Waals surface area contributed by atoms with Gasteiger partial charge >= 0.3 is 0 Å². The smallest absolute Gasteiger partial charge is 0.269 e. The lowest BCUT2D eigenvalue weighted by Crippen LogP contribution is -2.25. The van der Waals surface area contributed by atoms with Crippen LogP contribution in [0.4, 0.5) is 5.69 Å². The van der Waals surface area contributed by atoms with Gasteiger partial charge < -0.3 is 5.32 Å². The minimum Gasteiger partial charge on any atom is -0.301 e. The van der Waals surface area contributed by atoms with Crippen molar-refractivity contribution in [2.45, 2.75) is 38.8 Å². The van der Waals surface area contributed by atoms with Crippen molar-refractivity contribution in [3.8, 4) is 0 Å². The zero-order chi connectivity index (χ0) is 15.2. The van der Waals surface area contributed by atoms with E-state index >= 15 is 0 Å². The number of rotatable bonds is 7. The van der Waals surface area contributed by atoms with Crippen molar-refractivity contribution < 1.29 is 4.92 Å². The Balaban J connectivity index is 2.18. The first-order valence-corrected chi connectivity index (χ1v) is 6.97. The maximum atomic E-state index is 10.9. The molecule has 0 amide bonds. The highest BCUT2D eigenvalue weighted by atomic mass is 16.6. The summed E-state index contributed by atoms with van der Waals surface area (Å²) in [5, 5.41) is 21.0. The predicted octanol–water partition coefficient (Wildman–Crippen LogP) is 2.90. The molecule has 0 saturated heterocycles. The molecule has 0 saturated carbocycles. The molecule has 0 aliphatic carbocycles. The zero-order valence-electron chi connectivity index (χ0n) is 12.1. The molecule has 21 heavy (non-hydrogen) atoms. The van der Waals surface area contributed by atoms with E-state index < -0.39 is 0 Å². The number of hydrogen-bond acceptors (Lipinski definition) is 5. The van der Waals surface area contributed by atoms with Crippen molar-refractivity contribution in [3.63, 3.8) is 0 Å². The molecular formula is C14H19N5O2. The molecule has 0 radical (unpaired) electrons. The summed E-state index contributed by atoms with van der Waals surface area (Å²) >= 11 is 0. The molecule has 0 aliphatic rings. The number of non-ortho nitro benzene ring substituents is 1. The van der Waals surface area contributed by atoms with Crippen molar-refractivity contribution >= 4 is 5.69 Å². The molecule has 0 fully saturated rings. The Morgan fingerprint density at radius 1 is 1.48 bits per heavy atom. The Labute approximate surface area is 122 Å². The number of hydrogen-bond donors (Lipinski definition) is 2. The van der Waals surface area contributed by atoms with Crippen LogP contribution in [0.15, 0.2) is 30.6 Å². The second-order valence-corrected chi connectivity index (χ2v) is 4.95. The Morgan fingerprint density at radius 3 is 2.90 bits per heavy atom. The Hall–Kier alpha value is -2.28. The molecule has 2 N–H and O–H groups in total. The van der Waals surface area contributed by atoms with Gasteiger partial charge in [-0.25, -0.2) is 4.98 Å². The van der Waals surface area contributed by atoms with E-state index in [4.69, 9.17) is 0 Å². The summed E-state index contributed by atoms with van der Waals surface area (Å²) in [7, 11) is 0. The van der Waals surface area contributed by atoms with Crippen molar-refractivity contribution in [1.82, 2.24) is 20.5 Å². The van der Waals surface area contributed by atoms with Gasteiger partial charge in [-0.05, 0) is 18.9 Å². The van der Waals surface area contributed by atoms with Gasteiger partial charge in [0.2, 0.25) is 0 Å².